The Morgan fingerprint density at radius 3 is 2.61 bits per heavy atom. The normalized spacial score (nSPS) is 12.1. The van der Waals surface area contributed by atoms with Crippen LogP contribution in [0.25, 0.3) is 28.1 Å². The fourth-order valence-electron chi connectivity index (χ4n) is 3.40. The highest BCUT2D eigenvalue weighted by molar-refractivity contribution is 6.29. The maximum atomic E-state index is 5.84. The van der Waals surface area contributed by atoms with Crippen molar-refractivity contribution in [2.24, 2.45) is 0 Å². The van der Waals surface area contributed by atoms with Crippen LogP contribution in [0.1, 0.15) is 18.5 Å². The monoisotopic (exact) mass is 427 g/mol. The average Bonchev–Trinajstić information content (AvgIpc) is 3.24. The molecule has 0 aliphatic rings. The van der Waals surface area contributed by atoms with Gasteiger partial charge >= 0.3 is 0 Å². The van der Waals surface area contributed by atoms with Gasteiger partial charge in [0.15, 0.2) is 5.15 Å². The van der Waals surface area contributed by atoms with Gasteiger partial charge in [-0.1, -0.05) is 48.0 Å². The number of halogens is 1. The number of anilines is 1. The van der Waals surface area contributed by atoms with E-state index in [9.17, 15) is 0 Å². The number of nitrogens with zero attached hydrogens (tertiary/aromatic N) is 6. The smallest absolute Gasteiger partial charge is 0.225 e. The Morgan fingerprint density at radius 2 is 1.81 bits per heavy atom. The first-order valence-electron chi connectivity index (χ1n) is 9.79. The summed E-state index contributed by atoms with van der Waals surface area (Å²) in [6, 6.07) is 21.6. The first-order chi connectivity index (χ1) is 15.2. The minimum absolute atomic E-state index is 0.0824. The zero-order valence-electron chi connectivity index (χ0n) is 16.6. The Kier molecular flexibility index (Phi) is 5.01. The van der Waals surface area contributed by atoms with Crippen LogP contribution < -0.4 is 5.32 Å². The fraction of sp³-hybridized carbons (Fsp3) is 0.0870. The second-order valence-corrected chi connectivity index (χ2v) is 7.46. The number of rotatable bonds is 5. The summed E-state index contributed by atoms with van der Waals surface area (Å²) >= 11 is 5.84. The van der Waals surface area contributed by atoms with Crippen molar-refractivity contribution >= 4 is 28.6 Å². The van der Waals surface area contributed by atoms with E-state index in [4.69, 9.17) is 11.6 Å². The standard InChI is InChI=1S/C23H18ClN7/c1-15(16-5-3-2-4-6-16)27-23-25-12-11-22(28-23)31-14-26-19-13-17(7-9-20(19)31)18-8-10-21(24)30-29-18/h2-15H,1H3,(H,25,27,28). The van der Waals surface area contributed by atoms with Crippen LogP contribution in [0, 0.1) is 0 Å². The van der Waals surface area contributed by atoms with E-state index in [1.165, 1.54) is 5.56 Å². The van der Waals surface area contributed by atoms with Crippen LogP contribution in [0.15, 0.2) is 79.3 Å². The molecule has 0 spiro atoms. The molecule has 7 nitrogen and oxygen atoms in total. The van der Waals surface area contributed by atoms with Gasteiger partial charge in [-0.05, 0) is 42.8 Å². The highest BCUT2D eigenvalue weighted by atomic mass is 35.5. The summed E-state index contributed by atoms with van der Waals surface area (Å²) in [4.78, 5) is 13.6. The SMILES string of the molecule is CC(Nc1nccc(-n2cnc3cc(-c4ccc(Cl)nn4)ccc32)n1)c1ccccc1. The highest BCUT2D eigenvalue weighted by Gasteiger charge is 2.11. The topological polar surface area (TPSA) is 81.4 Å². The van der Waals surface area contributed by atoms with Gasteiger partial charge in [-0.15, -0.1) is 10.2 Å². The lowest BCUT2D eigenvalue weighted by molar-refractivity contribution is 0.854. The molecule has 0 saturated heterocycles. The van der Waals surface area contributed by atoms with E-state index in [1.807, 2.05) is 53.1 Å². The highest BCUT2D eigenvalue weighted by Crippen LogP contribution is 2.24. The summed E-state index contributed by atoms with van der Waals surface area (Å²) in [5.74, 6) is 1.29. The lowest BCUT2D eigenvalue weighted by Crippen LogP contribution is -2.10. The second-order valence-electron chi connectivity index (χ2n) is 7.07. The number of hydrogen-bond donors (Lipinski definition) is 1. The van der Waals surface area contributed by atoms with Crippen molar-refractivity contribution in [3.8, 4) is 17.1 Å². The van der Waals surface area contributed by atoms with E-state index >= 15 is 0 Å². The van der Waals surface area contributed by atoms with Crippen LogP contribution in [0.2, 0.25) is 5.15 Å². The van der Waals surface area contributed by atoms with Crippen LogP contribution in [0.5, 0.6) is 0 Å². The van der Waals surface area contributed by atoms with Gasteiger partial charge in [0, 0.05) is 11.8 Å². The van der Waals surface area contributed by atoms with Crippen molar-refractivity contribution in [3.05, 3.63) is 90.0 Å². The molecular weight excluding hydrogens is 410 g/mol. The van der Waals surface area contributed by atoms with Gasteiger partial charge in [0.05, 0.1) is 22.8 Å². The van der Waals surface area contributed by atoms with E-state index in [-0.39, 0.29) is 6.04 Å². The van der Waals surface area contributed by atoms with Crippen molar-refractivity contribution in [1.82, 2.24) is 29.7 Å². The van der Waals surface area contributed by atoms with Crippen molar-refractivity contribution in [1.29, 1.82) is 0 Å². The van der Waals surface area contributed by atoms with Crippen molar-refractivity contribution in [2.75, 3.05) is 5.32 Å². The quantitative estimate of drug-likeness (QED) is 0.420. The number of benzene rings is 2. The van der Waals surface area contributed by atoms with Crippen LogP contribution in [-0.2, 0) is 0 Å². The van der Waals surface area contributed by atoms with Gasteiger partial charge < -0.3 is 5.32 Å². The molecule has 8 heteroatoms. The predicted molar refractivity (Wildman–Crippen MR) is 121 cm³/mol. The van der Waals surface area contributed by atoms with Crippen LogP contribution in [0.4, 0.5) is 5.95 Å². The Labute approximate surface area is 183 Å². The summed E-state index contributed by atoms with van der Waals surface area (Å²) in [6.45, 7) is 2.08. The van der Waals surface area contributed by atoms with E-state index in [2.05, 4.69) is 49.5 Å². The van der Waals surface area contributed by atoms with Gasteiger partial charge in [0.1, 0.15) is 12.1 Å². The van der Waals surface area contributed by atoms with Gasteiger partial charge in [0.2, 0.25) is 5.95 Å². The first kappa shape index (κ1) is 19.1. The van der Waals surface area contributed by atoms with E-state index in [0.717, 1.165) is 28.1 Å². The molecule has 0 amide bonds. The molecule has 0 aliphatic carbocycles. The van der Waals surface area contributed by atoms with Crippen molar-refractivity contribution in [3.63, 3.8) is 0 Å². The number of aromatic nitrogens is 6. The maximum Gasteiger partial charge on any atom is 0.225 e. The molecule has 0 bridgehead atoms. The molecule has 2 aromatic carbocycles. The molecule has 3 aromatic heterocycles. The molecule has 0 radical (unpaired) electrons. The first-order valence-corrected chi connectivity index (χ1v) is 10.2. The van der Waals surface area contributed by atoms with Gasteiger partial charge in [0.25, 0.3) is 0 Å². The number of imidazole rings is 1. The van der Waals surface area contributed by atoms with Gasteiger partial charge in [-0.2, -0.15) is 4.98 Å². The van der Waals surface area contributed by atoms with Gasteiger partial charge in [-0.25, -0.2) is 9.97 Å². The Hall–Kier alpha value is -3.84. The van der Waals surface area contributed by atoms with Gasteiger partial charge in [-0.3, -0.25) is 4.57 Å². The molecular formula is C23H18ClN7. The predicted octanol–water partition coefficient (Wildman–Crippen LogP) is 5.10. The molecule has 5 rings (SSSR count). The lowest BCUT2D eigenvalue weighted by Gasteiger charge is -2.14. The summed E-state index contributed by atoms with van der Waals surface area (Å²) in [7, 11) is 0. The largest absolute Gasteiger partial charge is 0.348 e. The third kappa shape index (κ3) is 3.95. The lowest BCUT2D eigenvalue weighted by atomic mass is 10.1. The molecule has 1 N–H and O–H groups in total. The summed E-state index contributed by atoms with van der Waals surface area (Å²) < 4.78 is 1.94. The van der Waals surface area contributed by atoms with E-state index < -0.39 is 0 Å². The number of nitrogens with one attached hydrogen (secondary N) is 1. The summed E-state index contributed by atoms with van der Waals surface area (Å²) in [5, 5.41) is 11.8. The molecule has 152 valence electrons. The molecule has 0 aliphatic heterocycles. The Bertz CT molecular complexity index is 1330. The van der Waals surface area contributed by atoms with E-state index in [1.54, 1.807) is 18.6 Å². The molecule has 5 aromatic rings. The maximum absolute atomic E-state index is 5.84. The minimum atomic E-state index is 0.0824. The third-order valence-corrected chi connectivity index (χ3v) is 5.21. The molecule has 0 fully saturated rings. The summed E-state index contributed by atoms with van der Waals surface area (Å²) in [5.41, 5.74) is 4.60. The second kappa shape index (κ2) is 8.12. The Morgan fingerprint density at radius 1 is 0.935 bits per heavy atom. The van der Waals surface area contributed by atoms with Crippen LogP contribution >= 0.6 is 11.6 Å². The molecule has 1 atom stereocenters. The molecule has 31 heavy (non-hydrogen) atoms. The minimum Gasteiger partial charge on any atom is -0.348 e. The third-order valence-electron chi connectivity index (χ3n) is 5.01. The number of hydrogen-bond acceptors (Lipinski definition) is 6. The summed E-state index contributed by atoms with van der Waals surface area (Å²) in [6.07, 6.45) is 3.50. The van der Waals surface area contributed by atoms with Crippen LogP contribution in [-0.4, -0.2) is 29.7 Å². The molecule has 3 heterocycles. The zero-order chi connectivity index (χ0) is 21.2. The zero-order valence-corrected chi connectivity index (χ0v) is 17.4. The molecule has 0 saturated carbocycles. The fourth-order valence-corrected chi connectivity index (χ4v) is 3.50. The number of fused-ring (bicyclic) bond motifs is 1. The van der Waals surface area contributed by atoms with Crippen molar-refractivity contribution in [2.45, 2.75) is 13.0 Å². The van der Waals surface area contributed by atoms with Crippen molar-refractivity contribution < 1.29 is 0 Å². The Balaban J connectivity index is 1.44. The average molecular weight is 428 g/mol. The van der Waals surface area contributed by atoms with E-state index in [0.29, 0.717) is 11.1 Å². The molecule has 1 unspecified atom stereocenters. The van der Waals surface area contributed by atoms with Crippen LogP contribution in [0.3, 0.4) is 0 Å².